The fraction of sp³-hybridized carbons (Fsp3) is 0.174. The predicted molar refractivity (Wildman–Crippen MR) is 108 cm³/mol. The standard InChI is InChI=1S/C23H22N2O2/c1-26-19-12-14-20(15-13-19)27-17-7-16-25-22-11-6-5-10-21(22)24-23(25)18-8-3-2-4-9-18/h2-6,8-15H,7,16-17H2,1H3. The van der Waals surface area contributed by atoms with Crippen molar-refractivity contribution in [1.29, 1.82) is 0 Å². The highest BCUT2D eigenvalue weighted by Crippen LogP contribution is 2.25. The Kier molecular flexibility index (Phi) is 5.06. The average Bonchev–Trinajstić information content (AvgIpc) is 3.11. The van der Waals surface area contributed by atoms with Crippen molar-refractivity contribution in [2.45, 2.75) is 13.0 Å². The largest absolute Gasteiger partial charge is 0.497 e. The molecule has 4 rings (SSSR count). The maximum atomic E-state index is 5.87. The van der Waals surface area contributed by atoms with Crippen LogP contribution >= 0.6 is 0 Å². The Balaban J connectivity index is 1.49. The number of aryl methyl sites for hydroxylation is 1. The van der Waals surface area contributed by atoms with Crippen LogP contribution in [0, 0.1) is 0 Å². The van der Waals surface area contributed by atoms with E-state index in [-0.39, 0.29) is 0 Å². The van der Waals surface area contributed by atoms with Crippen LogP contribution in [0.3, 0.4) is 0 Å². The average molecular weight is 358 g/mol. The molecule has 0 unspecified atom stereocenters. The van der Waals surface area contributed by atoms with E-state index >= 15 is 0 Å². The second-order valence-electron chi connectivity index (χ2n) is 6.32. The molecule has 0 amide bonds. The van der Waals surface area contributed by atoms with Gasteiger partial charge in [-0.25, -0.2) is 4.98 Å². The van der Waals surface area contributed by atoms with Crippen LogP contribution in [0.25, 0.3) is 22.4 Å². The van der Waals surface area contributed by atoms with Crippen LogP contribution in [-0.2, 0) is 6.54 Å². The molecular weight excluding hydrogens is 336 g/mol. The number of para-hydroxylation sites is 2. The van der Waals surface area contributed by atoms with E-state index < -0.39 is 0 Å². The van der Waals surface area contributed by atoms with E-state index in [1.165, 1.54) is 0 Å². The van der Waals surface area contributed by atoms with Crippen LogP contribution in [0.2, 0.25) is 0 Å². The van der Waals surface area contributed by atoms with E-state index in [0.29, 0.717) is 6.61 Å². The van der Waals surface area contributed by atoms with Gasteiger partial charge >= 0.3 is 0 Å². The van der Waals surface area contributed by atoms with Gasteiger partial charge in [-0.05, 0) is 42.8 Å². The Morgan fingerprint density at radius 3 is 2.30 bits per heavy atom. The number of methoxy groups -OCH3 is 1. The van der Waals surface area contributed by atoms with Gasteiger partial charge in [0, 0.05) is 12.1 Å². The van der Waals surface area contributed by atoms with Crippen LogP contribution < -0.4 is 9.47 Å². The summed E-state index contributed by atoms with van der Waals surface area (Å²) in [6.07, 6.45) is 0.895. The van der Waals surface area contributed by atoms with Crippen molar-refractivity contribution in [3.05, 3.63) is 78.9 Å². The van der Waals surface area contributed by atoms with Crippen LogP contribution in [0.5, 0.6) is 11.5 Å². The first-order chi connectivity index (χ1) is 13.3. The topological polar surface area (TPSA) is 36.3 Å². The van der Waals surface area contributed by atoms with Crippen molar-refractivity contribution < 1.29 is 9.47 Å². The van der Waals surface area contributed by atoms with E-state index in [0.717, 1.165) is 46.9 Å². The number of rotatable bonds is 7. The molecule has 4 aromatic rings. The monoisotopic (exact) mass is 358 g/mol. The molecule has 4 heteroatoms. The Bertz CT molecular complexity index is 1010. The van der Waals surface area contributed by atoms with Gasteiger partial charge in [-0.3, -0.25) is 0 Å². The molecule has 0 fully saturated rings. The van der Waals surface area contributed by atoms with Gasteiger partial charge in [0.15, 0.2) is 0 Å². The summed E-state index contributed by atoms with van der Waals surface area (Å²) in [7, 11) is 1.66. The van der Waals surface area contributed by atoms with Crippen molar-refractivity contribution in [2.75, 3.05) is 13.7 Å². The van der Waals surface area contributed by atoms with Crippen LogP contribution in [0.15, 0.2) is 78.9 Å². The number of hydrogen-bond acceptors (Lipinski definition) is 3. The first-order valence-electron chi connectivity index (χ1n) is 9.13. The smallest absolute Gasteiger partial charge is 0.141 e. The lowest BCUT2D eigenvalue weighted by molar-refractivity contribution is 0.302. The number of ether oxygens (including phenoxy) is 2. The summed E-state index contributed by atoms with van der Waals surface area (Å²) in [6, 6.07) is 26.3. The molecule has 27 heavy (non-hydrogen) atoms. The summed E-state index contributed by atoms with van der Waals surface area (Å²) < 4.78 is 13.3. The molecule has 4 nitrogen and oxygen atoms in total. The van der Waals surface area contributed by atoms with E-state index in [1.54, 1.807) is 7.11 Å². The molecule has 0 saturated heterocycles. The van der Waals surface area contributed by atoms with E-state index in [2.05, 4.69) is 34.9 Å². The molecular formula is C23H22N2O2. The predicted octanol–water partition coefficient (Wildman–Crippen LogP) is 5.18. The lowest BCUT2D eigenvalue weighted by Crippen LogP contribution is -2.06. The number of hydrogen-bond donors (Lipinski definition) is 0. The number of nitrogens with zero attached hydrogens (tertiary/aromatic N) is 2. The summed E-state index contributed by atoms with van der Waals surface area (Å²) in [5.41, 5.74) is 3.30. The second-order valence-corrected chi connectivity index (χ2v) is 6.32. The summed E-state index contributed by atoms with van der Waals surface area (Å²) >= 11 is 0. The summed E-state index contributed by atoms with van der Waals surface area (Å²) in [5.74, 6) is 2.69. The molecule has 3 aromatic carbocycles. The Morgan fingerprint density at radius 1 is 0.815 bits per heavy atom. The normalized spacial score (nSPS) is 10.9. The highest BCUT2D eigenvalue weighted by atomic mass is 16.5. The van der Waals surface area contributed by atoms with Crippen molar-refractivity contribution in [1.82, 2.24) is 9.55 Å². The third-order valence-electron chi connectivity index (χ3n) is 4.54. The first kappa shape index (κ1) is 17.2. The van der Waals surface area contributed by atoms with Gasteiger partial charge in [-0.15, -0.1) is 0 Å². The molecule has 0 saturated carbocycles. The maximum absolute atomic E-state index is 5.87. The van der Waals surface area contributed by atoms with E-state index in [4.69, 9.17) is 14.5 Å². The van der Waals surface area contributed by atoms with Crippen molar-refractivity contribution in [3.8, 4) is 22.9 Å². The van der Waals surface area contributed by atoms with Crippen LogP contribution in [0.4, 0.5) is 0 Å². The first-order valence-corrected chi connectivity index (χ1v) is 9.13. The molecule has 0 radical (unpaired) electrons. The van der Waals surface area contributed by atoms with Crippen LogP contribution in [-0.4, -0.2) is 23.3 Å². The Morgan fingerprint density at radius 2 is 1.52 bits per heavy atom. The summed E-state index contributed by atoms with van der Waals surface area (Å²) in [4.78, 5) is 4.85. The highest BCUT2D eigenvalue weighted by Gasteiger charge is 2.11. The van der Waals surface area contributed by atoms with Crippen molar-refractivity contribution in [2.24, 2.45) is 0 Å². The van der Waals surface area contributed by atoms with Crippen LogP contribution in [0.1, 0.15) is 6.42 Å². The minimum absolute atomic E-state index is 0.646. The summed E-state index contributed by atoms with van der Waals surface area (Å²) in [6.45, 7) is 1.49. The number of aromatic nitrogens is 2. The molecule has 1 heterocycles. The third kappa shape index (κ3) is 3.80. The molecule has 0 aliphatic heterocycles. The number of imidazole rings is 1. The molecule has 0 aliphatic carbocycles. The van der Waals surface area contributed by atoms with Gasteiger partial charge in [-0.1, -0.05) is 42.5 Å². The molecule has 0 N–H and O–H groups in total. The van der Waals surface area contributed by atoms with Gasteiger partial charge in [0.1, 0.15) is 17.3 Å². The lowest BCUT2D eigenvalue weighted by Gasteiger charge is -2.11. The highest BCUT2D eigenvalue weighted by molar-refractivity contribution is 5.80. The third-order valence-corrected chi connectivity index (χ3v) is 4.54. The van der Waals surface area contributed by atoms with Gasteiger partial charge in [0.05, 0.1) is 24.8 Å². The summed E-state index contributed by atoms with van der Waals surface area (Å²) in [5, 5.41) is 0. The zero-order valence-electron chi connectivity index (χ0n) is 15.3. The zero-order chi connectivity index (χ0) is 18.5. The molecule has 0 bridgehead atoms. The zero-order valence-corrected chi connectivity index (χ0v) is 15.3. The second kappa shape index (κ2) is 7.96. The van der Waals surface area contributed by atoms with Gasteiger partial charge in [0.25, 0.3) is 0 Å². The fourth-order valence-electron chi connectivity index (χ4n) is 3.19. The minimum Gasteiger partial charge on any atom is -0.497 e. The van der Waals surface area contributed by atoms with Crippen molar-refractivity contribution >= 4 is 11.0 Å². The van der Waals surface area contributed by atoms with Gasteiger partial charge < -0.3 is 14.0 Å². The maximum Gasteiger partial charge on any atom is 0.141 e. The lowest BCUT2D eigenvalue weighted by atomic mass is 10.2. The molecule has 1 aromatic heterocycles. The molecule has 0 atom stereocenters. The Hall–Kier alpha value is -3.27. The fourth-order valence-corrected chi connectivity index (χ4v) is 3.19. The minimum atomic E-state index is 0.646. The van der Waals surface area contributed by atoms with Crippen molar-refractivity contribution in [3.63, 3.8) is 0 Å². The number of benzene rings is 3. The molecule has 0 aliphatic rings. The van der Waals surface area contributed by atoms with Gasteiger partial charge in [0.2, 0.25) is 0 Å². The van der Waals surface area contributed by atoms with E-state index in [1.807, 2.05) is 48.5 Å². The molecule has 0 spiro atoms. The molecule has 136 valence electrons. The SMILES string of the molecule is COc1ccc(OCCCn2c(-c3ccccc3)nc3ccccc32)cc1. The quantitative estimate of drug-likeness (QED) is 0.427. The Labute approximate surface area is 159 Å². The number of fused-ring (bicyclic) bond motifs is 1. The van der Waals surface area contributed by atoms with E-state index in [9.17, 15) is 0 Å². The van der Waals surface area contributed by atoms with Gasteiger partial charge in [-0.2, -0.15) is 0 Å².